The van der Waals surface area contributed by atoms with Crippen LogP contribution in [0.3, 0.4) is 0 Å². The molecule has 4 rings (SSSR count). The van der Waals surface area contributed by atoms with Gasteiger partial charge >= 0.3 is 0 Å². The predicted octanol–water partition coefficient (Wildman–Crippen LogP) is 3.23. The van der Waals surface area contributed by atoms with Gasteiger partial charge in [-0.3, -0.25) is 0 Å². The number of fused-ring (bicyclic) bond motifs is 1. The van der Waals surface area contributed by atoms with Gasteiger partial charge in [0, 0.05) is 31.1 Å². The zero-order chi connectivity index (χ0) is 20.6. The molecule has 0 aliphatic carbocycles. The van der Waals surface area contributed by atoms with E-state index in [4.69, 9.17) is 9.51 Å². The van der Waals surface area contributed by atoms with Gasteiger partial charge in [0.1, 0.15) is 5.82 Å². The minimum absolute atomic E-state index is 0.398. The van der Waals surface area contributed by atoms with Crippen LogP contribution in [0.15, 0.2) is 28.8 Å². The average molecular weight is 396 g/mol. The summed E-state index contributed by atoms with van der Waals surface area (Å²) in [7, 11) is 0. The first-order valence-electron chi connectivity index (χ1n) is 10.2. The first-order chi connectivity index (χ1) is 13.8. The molecular weight excluding hydrogens is 366 g/mol. The van der Waals surface area contributed by atoms with Crippen LogP contribution < -0.4 is 10.2 Å². The van der Waals surface area contributed by atoms with Crippen LogP contribution in [0.25, 0.3) is 22.4 Å². The monoisotopic (exact) mass is 395 g/mol. The summed E-state index contributed by atoms with van der Waals surface area (Å²) in [4.78, 5) is 11.7. The number of pyridine rings is 1. The van der Waals surface area contributed by atoms with Gasteiger partial charge in [0.15, 0.2) is 5.82 Å². The molecule has 1 saturated heterocycles. The zero-order valence-corrected chi connectivity index (χ0v) is 17.6. The summed E-state index contributed by atoms with van der Waals surface area (Å²) in [5.74, 6) is 2.02. The van der Waals surface area contributed by atoms with Crippen LogP contribution in [-0.2, 0) is 0 Å². The molecule has 7 nitrogen and oxygen atoms in total. The van der Waals surface area contributed by atoms with E-state index >= 15 is 0 Å². The van der Waals surface area contributed by atoms with Gasteiger partial charge in [-0.05, 0) is 58.7 Å². The van der Waals surface area contributed by atoms with Crippen LogP contribution >= 0.6 is 0 Å². The highest BCUT2D eigenvalue weighted by molar-refractivity contribution is 5.88. The van der Waals surface area contributed by atoms with Crippen molar-refractivity contribution in [2.24, 2.45) is 0 Å². The quantitative estimate of drug-likeness (QED) is 0.686. The van der Waals surface area contributed by atoms with E-state index in [0.29, 0.717) is 24.3 Å². The van der Waals surface area contributed by atoms with E-state index in [-0.39, 0.29) is 0 Å². The number of hydrogen-bond acceptors (Lipinski definition) is 7. The second kappa shape index (κ2) is 7.72. The van der Waals surface area contributed by atoms with E-state index in [2.05, 4.69) is 51.5 Å². The van der Waals surface area contributed by atoms with Crippen LogP contribution in [-0.4, -0.2) is 51.5 Å². The molecule has 7 heteroatoms. The largest absolute Gasteiger partial charge is 0.389 e. The topological polar surface area (TPSA) is 87.3 Å². The van der Waals surface area contributed by atoms with Crippen LogP contribution in [0.1, 0.15) is 38.1 Å². The number of nitrogens with one attached hydrogen (secondary N) is 1. The maximum absolute atomic E-state index is 9.96. The summed E-state index contributed by atoms with van der Waals surface area (Å²) in [5.41, 5.74) is 2.34. The highest BCUT2D eigenvalue weighted by atomic mass is 16.5. The van der Waals surface area contributed by atoms with Gasteiger partial charge < -0.3 is 19.8 Å². The summed E-state index contributed by atoms with van der Waals surface area (Å²) in [6, 6.07) is 8.79. The molecule has 29 heavy (non-hydrogen) atoms. The Morgan fingerprint density at radius 2 is 1.93 bits per heavy atom. The van der Waals surface area contributed by atoms with Gasteiger partial charge in [0.25, 0.3) is 5.89 Å². The number of aliphatic hydroxyl groups is 1. The van der Waals surface area contributed by atoms with Crippen molar-refractivity contribution in [3.05, 3.63) is 35.7 Å². The molecule has 1 aliphatic heterocycles. The average Bonchev–Trinajstić information content (AvgIpc) is 3.11. The lowest BCUT2D eigenvalue weighted by Crippen LogP contribution is -2.47. The van der Waals surface area contributed by atoms with E-state index in [1.54, 1.807) is 0 Å². The number of piperidine rings is 1. The molecule has 2 aromatic heterocycles. The Bertz CT molecular complexity index is 1000. The molecule has 1 fully saturated rings. The van der Waals surface area contributed by atoms with Gasteiger partial charge in [0.2, 0.25) is 0 Å². The summed E-state index contributed by atoms with van der Waals surface area (Å²) in [6.07, 6.45) is 1.98. The maximum atomic E-state index is 9.96. The van der Waals surface area contributed by atoms with E-state index in [9.17, 15) is 5.11 Å². The molecule has 0 amide bonds. The molecule has 0 unspecified atom stereocenters. The minimum atomic E-state index is -0.696. The van der Waals surface area contributed by atoms with Crippen LogP contribution in [0.2, 0.25) is 0 Å². The van der Waals surface area contributed by atoms with Crippen LogP contribution in [0.5, 0.6) is 0 Å². The molecule has 1 aromatic carbocycles. The molecule has 0 radical (unpaired) electrons. The maximum Gasteiger partial charge on any atom is 0.261 e. The number of hydrogen-bond donors (Lipinski definition) is 2. The van der Waals surface area contributed by atoms with Gasteiger partial charge in [-0.15, -0.1) is 0 Å². The van der Waals surface area contributed by atoms with E-state index in [1.807, 2.05) is 20.8 Å². The molecular formula is C22H29N5O2. The lowest BCUT2D eigenvalue weighted by Gasteiger charge is -2.35. The van der Waals surface area contributed by atoms with Crippen molar-refractivity contribution in [1.29, 1.82) is 0 Å². The normalized spacial score (nSPS) is 16.0. The third-order valence-electron chi connectivity index (χ3n) is 5.33. The van der Waals surface area contributed by atoms with E-state index in [1.165, 1.54) is 5.56 Å². The van der Waals surface area contributed by atoms with E-state index < -0.39 is 5.60 Å². The van der Waals surface area contributed by atoms with Crippen LogP contribution in [0, 0.1) is 13.8 Å². The van der Waals surface area contributed by atoms with Crippen molar-refractivity contribution >= 4 is 16.7 Å². The first-order valence-corrected chi connectivity index (χ1v) is 10.2. The Labute approximate surface area is 171 Å². The highest BCUT2D eigenvalue weighted by Gasteiger charge is 2.25. The number of benzene rings is 1. The number of aromatic nitrogens is 3. The molecule has 3 aromatic rings. The van der Waals surface area contributed by atoms with Gasteiger partial charge in [-0.1, -0.05) is 16.8 Å². The van der Waals surface area contributed by atoms with Gasteiger partial charge in [0.05, 0.1) is 16.7 Å². The lowest BCUT2D eigenvalue weighted by molar-refractivity contribution is 0.0752. The van der Waals surface area contributed by atoms with Gasteiger partial charge in [-0.2, -0.15) is 4.98 Å². The predicted molar refractivity (Wildman–Crippen MR) is 114 cm³/mol. The molecule has 3 heterocycles. The second-order valence-corrected chi connectivity index (χ2v) is 8.66. The number of rotatable bonds is 5. The summed E-state index contributed by atoms with van der Waals surface area (Å²) in [5, 5.41) is 18.5. The zero-order valence-electron chi connectivity index (χ0n) is 17.6. The SMILES string of the molecule is Cc1ccc2nc(N3CCC(NCC(C)(C)O)CC3)c(-c3nc(C)no3)cc2c1. The minimum Gasteiger partial charge on any atom is -0.389 e. The molecule has 154 valence electrons. The number of aryl methyl sites for hydroxylation is 2. The fraction of sp³-hybridized carbons (Fsp3) is 0.500. The van der Waals surface area contributed by atoms with Crippen molar-refractivity contribution < 1.29 is 9.63 Å². The summed E-state index contributed by atoms with van der Waals surface area (Å²) < 4.78 is 5.49. The fourth-order valence-corrected chi connectivity index (χ4v) is 3.78. The first kappa shape index (κ1) is 19.8. The molecule has 0 spiro atoms. The number of nitrogens with zero attached hydrogens (tertiary/aromatic N) is 4. The fourth-order valence-electron chi connectivity index (χ4n) is 3.78. The van der Waals surface area contributed by atoms with Crippen LogP contribution in [0.4, 0.5) is 5.82 Å². The molecule has 0 bridgehead atoms. The summed E-state index contributed by atoms with van der Waals surface area (Å²) >= 11 is 0. The van der Waals surface area contributed by atoms with E-state index in [0.717, 1.165) is 48.2 Å². The Morgan fingerprint density at radius 3 is 2.59 bits per heavy atom. The Hall–Kier alpha value is -2.51. The molecule has 0 atom stereocenters. The van der Waals surface area contributed by atoms with Crippen molar-refractivity contribution in [3.8, 4) is 11.5 Å². The second-order valence-electron chi connectivity index (χ2n) is 8.66. The van der Waals surface area contributed by atoms with Gasteiger partial charge in [-0.25, -0.2) is 4.98 Å². The van der Waals surface area contributed by atoms with Crippen molar-refractivity contribution in [2.45, 2.75) is 52.2 Å². The van der Waals surface area contributed by atoms with Crippen molar-refractivity contribution in [1.82, 2.24) is 20.4 Å². The standard InChI is InChI=1S/C22H29N5O2/c1-14-5-6-19-16(11-14)12-18(21-24-15(2)26-29-21)20(25-19)27-9-7-17(8-10-27)23-13-22(3,4)28/h5-6,11-12,17,23,28H,7-10,13H2,1-4H3. The smallest absolute Gasteiger partial charge is 0.261 e. The molecule has 2 N–H and O–H groups in total. The Morgan fingerprint density at radius 1 is 1.17 bits per heavy atom. The van der Waals surface area contributed by atoms with Crippen molar-refractivity contribution in [3.63, 3.8) is 0 Å². The molecule has 0 saturated carbocycles. The highest BCUT2D eigenvalue weighted by Crippen LogP contribution is 2.33. The number of anilines is 1. The Balaban J connectivity index is 1.62. The summed E-state index contributed by atoms with van der Waals surface area (Å²) in [6.45, 7) is 9.92. The third-order valence-corrected chi connectivity index (χ3v) is 5.33. The Kier molecular flexibility index (Phi) is 5.27. The van der Waals surface area contributed by atoms with Crippen molar-refractivity contribution in [2.75, 3.05) is 24.5 Å². The third kappa shape index (κ3) is 4.57. The molecule has 1 aliphatic rings. The lowest BCUT2D eigenvalue weighted by atomic mass is 10.0.